The Morgan fingerprint density at radius 2 is 2.19 bits per heavy atom. The highest BCUT2D eigenvalue weighted by Gasteiger charge is 2.15. The topological polar surface area (TPSA) is 36.7 Å². The van der Waals surface area contributed by atoms with E-state index in [0.29, 0.717) is 0 Å². The van der Waals surface area contributed by atoms with Gasteiger partial charge in [0.1, 0.15) is 0 Å². The van der Waals surface area contributed by atoms with Gasteiger partial charge in [-0.2, -0.15) is 5.26 Å². The van der Waals surface area contributed by atoms with Crippen LogP contribution in [0.2, 0.25) is 0 Å². The van der Waals surface area contributed by atoms with Gasteiger partial charge in [-0.25, -0.2) is 4.98 Å². The normalized spacial score (nSPS) is 11.1. The Kier molecular flexibility index (Phi) is 5.34. The van der Waals surface area contributed by atoms with Crippen molar-refractivity contribution in [1.29, 1.82) is 5.26 Å². The average Bonchev–Trinajstić information content (AvgIpc) is 2.30. The van der Waals surface area contributed by atoms with Gasteiger partial charge in [0, 0.05) is 6.20 Å². The lowest BCUT2D eigenvalue weighted by Gasteiger charge is -2.13. The fraction of sp³-hybridized carbons (Fsp3) is 0.538. The first-order valence-electron chi connectivity index (χ1n) is 5.59. The van der Waals surface area contributed by atoms with Crippen LogP contribution in [0.4, 0.5) is 0 Å². The van der Waals surface area contributed by atoms with Gasteiger partial charge in [0.05, 0.1) is 16.5 Å². The van der Waals surface area contributed by atoms with Gasteiger partial charge in [0.2, 0.25) is 0 Å². The third kappa shape index (κ3) is 5.18. The fourth-order valence-corrected chi connectivity index (χ4v) is 2.20. The molecule has 0 aliphatic rings. The minimum atomic E-state index is -0.171. The molecule has 2 nitrogen and oxygen atoms in total. The summed E-state index contributed by atoms with van der Waals surface area (Å²) in [6.07, 6.45) is 5.06. The summed E-state index contributed by atoms with van der Waals surface area (Å²) in [4.78, 5) is 4.25. The lowest BCUT2D eigenvalue weighted by atomic mass is 9.89. The van der Waals surface area contributed by atoms with E-state index >= 15 is 0 Å². The number of rotatable bonds is 6. The van der Waals surface area contributed by atoms with Crippen molar-refractivity contribution in [1.82, 2.24) is 4.98 Å². The molecule has 0 N–H and O–H groups in total. The minimum absolute atomic E-state index is 0.171. The zero-order valence-corrected chi connectivity index (χ0v) is 10.8. The maximum atomic E-state index is 8.86. The van der Waals surface area contributed by atoms with Crippen molar-refractivity contribution in [3.8, 4) is 6.07 Å². The summed E-state index contributed by atoms with van der Waals surface area (Å²) in [6.45, 7) is 4.00. The molecule has 0 amide bonds. The van der Waals surface area contributed by atoms with Crippen LogP contribution in [-0.4, -0.2) is 10.7 Å². The van der Waals surface area contributed by atoms with E-state index in [4.69, 9.17) is 5.26 Å². The van der Waals surface area contributed by atoms with E-state index in [2.05, 4.69) is 11.1 Å². The Bertz CT molecular complexity index is 341. The Labute approximate surface area is 102 Å². The number of nitrogens with zero attached hydrogens (tertiary/aromatic N) is 2. The standard InChI is InChI=1S/C13H18N2S/c1-13(2,11-14)8-4-6-10-16-12-7-3-5-9-15-12/h3,5,7,9H,4,6,8,10H2,1-2H3. The van der Waals surface area contributed by atoms with Crippen molar-refractivity contribution in [3.63, 3.8) is 0 Å². The second kappa shape index (κ2) is 6.55. The predicted molar refractivity (Wildman–Crippen MR) is 68.2 cm³/mol. The van der Waals surface area contributed by atoms with E-state index in [-0.39, 0.29) is 5.41 Å². The van der Waals surface area contributed by atoms with Gasteiger partial charge in [-0.05, 0) is 44.6 Å². The first kappa shape index (κ1) is 13.1. The van der Waals surface area contributed by atoms with Crippen molar-refractivity contribution in [3.05, 3.63) is 24.4 Å². The second-order valence-corrected chi connectivity index (χ2v) is 5.58. The fourth-order valence-electron chi connectivity index (χ4n) is 1.33. The van der Waals surface area contributed by atoms with Crippen LogP contribution in [0.1, 0.15) is 33.1 Å². The highest BCUT2D eigenvalue weighted by molar-refractivity contribution is 7.99. The van der Waals surface area contributed by atoms with Crippen molar-refractivity contribution >= 4 is 11.8 Å². The summed E-state index contributed by atoms with van der Waals surface area (Å²) in [6, 6.07) is 8.30. The Hall–Kier alpha value is -1.01. The maximum absolute atomic E-state index is 8.86. The molecule has 86 valence electrons. The summed E-state index contributed by atoms with van der Waals surface area (Å²) in [7, 11) is 0. The Morgan fingerprint density at radius 1 is 1.38 bits per heavy atom. The Balaban J connectivity index is 2.12. The number of hydrogen-bond donors (Lipinski definition) is 0. The highest BCUT2D eigenvalue weighted by Crippen LogP contribution is 2.23. The molecule has 0 saturated heterocycles. The number of pyridine rings is 1. The van der Waals surface area contributed by atoms with E-state index in [1.165, 1.54) is 0 Å². The van der Waals surface area contributed by atoms with Crippen LogP contribution in [0.5, 0.6) is 0 Å². The van der Waals surface area contributed by atoms with E-state index in [0.717, 1.165) is 30.0 Å². The average molecular weight is 234 g/mol. The van der Waals surface area contributed by atoms with Gasteiger partial charge in [-0.1, -0.05) is 12.5 Å². The number of nitriles is 1. The monoisotopic (exact) mass is 234 g/mol. The third-order valence-electron chi connectivity index (χ3n) is 2.39. The van der Waals surface area contributed by atoms with Crippen molar-refractivity contribution in [2.75, 3.05) is 5.75 Å². The summed E-state index contributed by atoms with van der Waals surface area (Å²) in [5, 5.41) is 9.95. The van der Waals surface area contributed by atoms with Gasteiger partial charge >= 0.3 is 0 Å². The molecule has 1 aromatic rings. The molecule has 0 aliphatic heterocycles. The minimum Gasteiger partial charge on any atom is -0.250 e. The molecule has 0 saturated carbocycles. The molecule has 16 heavy (non-hydrogen) atoms. The largest absolute Gasteiger partial charge is 0.250 e. The van der Waals surface area contributed by atoms with Crippen LogP contribution >= 0.6 is 11.8 Å². The molecule has 3 heteroatoms. The van der Waals surface area contributed by atoms with Crippen LogP contribution in [0, 0.1) is 16.7 Å². The lowest BCUT2D eigenvalue weighted by Crippen LogP contribution is -2.07. The van der Waals surface area contributed by atoms with Crippen molar-refractivity contribution in [2.45, 2.75) is 38.1 Å². The third-order valence-corrected chi connectivity index (χ3v) is 3.42. The van der Waals surface area contributed by atoms with Crippen LogP contribution in [-0.2, 0) is 0 Å². The summed E-state index contributed by atoms with van der Waals surface area (Å²) >= 11 is 1.78. The number of unbranched alkanes of at least 4 members (excludes halogenated alkanes) is 1. The molecule has 0 aromatic carbocycles. The second-order valence-electron chi connectivity index (χ2n) is 4.47. The van der Waals surface area contributed by atoms with Crippen LogP contribution in [0.3, 0.4) is 0 Å². The van der Waals surface area contributed by atoms with Crippen molar-refractivity contribution in [2.24, 2.45) is 5.41 Å². The van der Waals surface area contributed by atoms with E-state index in [1.54, 1.807) is 11.8 Å². The molecular formula is C13H18N2S. The first-order valence-corrected chi connectivity index (χ1v) is 6.58. The molecule has 1 aromatic heterocycles. The zero-order valence-electron chi connectivity index (χ0n) is 9.94. The lowest BCUT2D eigenvalue weighted by molar-refractivity contribution is 0.433. The Morgan fingerprint density at radius 3 is 2.81 bits per heavy atom. The van der Waals surface area contributed by atoms with E-state index in [9.17, 15) is 0 Å². The SMILES string of the molecule is CC(C)(C#N)CCCCSc1ccccn1. The van der Waals surface area contributed by atoms with Gasteiger partial charge in [0.15, 0.2) is 0 Å². The van der Waals surface area contributed by atoms with Gasteiger partial charge in [0.25, 0.3) is 0 Å². The molecular weight excluding hydrogens is 216 g/mol. The molecule has 0 radical (unpaired) electrons. The molecule has 1 heterocycles. The van der Waals surface area contributed by atoms with Crippen LogP contribution in [0.25, 0.3) is 0 Å². The zero-order chi connectivity index (χ0) is 11.9. The predicted octanol–water partition coefficient (Wildman–Crippen LogP) is 3.89. The van der Waals surface area contributed by atoms with E-state index < -0.39 is 0 Å². The highest BCUT2D eigenvalue weighted by atomic mass is 32.2. The number of aromatic nitrogens is 1. The van der Waals surface area contributed by atoms with Gasteiger partial charge < -0.3 is 0 Å². The molecule has 0 aliphatic carbocycles. The van der Waals surface area contributed by atoms with Crippen molar-refractivity contribution < 1.29 is 0 Å². The van der Waals surface area contributed by atoms with Gasteiger partial charge in [-0.3, -0.25) is 0 Å². The smallest absolute Gasteiger partial charge is 0.0959 e. The maximum Gasteiger partial charge on any atom is 0.0959 e. The molecule has 0 bridgehead atoms. The first-order chi connectivity index (χ1) is 7.64. The molecule has 0 atom stereocenters. The molecule has 0 spiro atoms. The molecule has 0 fully saturated rings. The summed E-state index contributed by atoms with van der Waals surface area (Å²) in [5.41, 5.74) is -0.171. The molecule has 1 rings (SSSR count). The number of hydrogen-bond acceptors (Lipinski definition) is 3. The van der Waals surface area contributed by atoms with Gasteiger partial charge in [-0.15, -0.1) is 11.8 Å². The quantitative estimate of drug-likeness (QED) is 0.553. The van der Waals surface area contributed by atoms with Crippen LogP contribution < -0.4 is 0 Å². The summed E-state index contributed by atoms with van der Waals surface area (Å²) < 4.78 is 0. The van der Waals surface area contributed by atoms with Crippen LogP contribution in [0.15, 0.2) is 29.4 Å². The summed E-state index contributed by atoms with van der Waals surface area (Å²) in [5.74, 6) is 1.08. The molecule has 0 unspecified atom stereocenters. The number of thioether (sulfide) groups is 1. The van der Waals surface area contributed by atoms with E-state index in [1.807, 2.05) is 38.2 Å².